The molecule has 0 aromatic carbocycles. The van der Waals surface area contributed by atoms with Crippen molar-refractivity contribution in [1.29, 1.82) is 0 Å². The molecule has 3 heterocycles. The van der Waals surface area contributed by atoms with E-state index < -0.39 is 0 Å². The maximum Gasteiger partial charge on any atom is 0.194 e. The first-order valence-corrected chi connectivity index (χ1v) is 11.2. The number of rotatable bonds is 5. The van der Waals surface area contributed by atoms with Gasteiger partial charge in [0.15, 0.2) is 5.96 Å². The average Bonchev–Trinajstić information content (AvgIpc) is 3.42. The Hall–Kier alpha value is -0.800. The number of aliphatic imine (C=N–C) groups is 1. The van der Waals surface area contributed by atoms with E-state index in [0.29, 0.717) is 12.1 Å². The van der Waals surface area contributed by atoms with Crippen molar-refractivity contribution in [3.8, 4) is 0 Å². The summed E-state index contributed by atoms with van der Waals surface area (Å²) in [5, 5.41) is 3.85. The van der Waals surface area contributed by atoms with E-state index in [-0.39, 0.29) is 24.0 Å². The summed E-state index contributed by atoms with van der Waals surface area (Å²) in [7, 11) is 0. The van der Waals surface area contributed by atoms with Crippen LogP contribution in [0.4, 0.5) is 0 Å². The number of ether oxygens (including phenoxy) is 1. The minimum Gasteiger partial charge on any atom is -0.469 e. The SMILES string of the molecule is CC1CCCCC1NC(=NCCc1ccco1)N1CCC(N2CCOCC2)C1.I. The van der Waals surface area contributed by atoms with E-state index in [1.54, 1.807) is 6.26 Å². The van der Waals surface area contributed by atoms with Gasteiger partial charge in [0, 0.05) is 51.2 Å². The summed E-state index contributed by atoms with van der Waals surface area (Å²) in [5.74, 6) is 2.85. The lowest BCUT2D eigenvalue weighted by Gasteiger charge is -2.34. The van der Waals surface area contributed by atoms with Gasteiger partial charge in [0.05, 0.1) is 19.5 Å². The van der Waals surface area contributed by atoms with Crippen molar-refractivity contribution in [2.24, 2.45) is 10.9 Å². The number of morpholine rings is 1. The van der Waals surface area contributed by atoms with Crippen molar-refractivity contribution in [3.63, 3.8) is 0 Å². The highest BCUT2D eigenvalue weighted by atomic mass is 127. The van der Waals surface area contributed by atoms with Crippen LogP contribution in [0.5, 0.6) is 0 Å². The molecule has 1 aromatic heterocycles. The fourth-order valence-electron chi connectivity index (χ4n) is 4.84. The van der Waals surface area contributed by atoms with Crippen LogP contribution in [0, 0.1) is 5.92 Å². The summed E-state index contributed by atoms with van der Waals surface area (Å²) in [5.41, 5.74) is 0. The maximum atomic E-state index is 5.53. The van der Waals surface area contributed by atoms with Crippen molar-refractivity contribution in [2.45, 2.75) is 57.5 Å². The molecule has 164 valence electrons. The summed E-state index contributed by atoms with van der Waals surface area (Å²) in [6.45, 7) is 9.21. The van der Waals surface area contributed by atoms with Crippen LogP contribution in [-0.2, 0) is 11.2 Å². The van der Waals surface area contributed by atoms with E-state index in [1.165, 1.54) is 32.1 Å². The standard InChI is InChI=1S/C22H36N4O2.HI/c1-18-5-2-3-7-21(18)24-22(23-10-8-20-6-4-14-28-20)26-11-9-19(17-26)25-12-15-27-16-13-25;/h4,6,14,18-19,21H,2-3,5,7-13,15-17H2,1H3,(H,23,24);1H. The summed E-state index contributed by atoms with van der Waals surface area (Å²) < 4.78 is 11.0. The van der Waals surface area contributed by atoms with Crippen LogP contribution in [0.1, 0.15) is 44.8 Å². The van der Waals surface area contributed by atoms with Crippen LogP contribution in [0.2, 0.25) is 0 Å². The Morgan fingerprint density at radius 2 is 2.00 bits per heavy atom. The van der Waals surface area contributed by atoms with Gasteiger partial charge in [-0.05, 0) is 37.3 Å². The van der Waals surface area contributed by atoms with E-state index in [2.05, 4.69) is 22.0 Å². The third-order valence-corrected chi connectivity index (χ3v) is 6.65. The monoisotopic (exact) mass is 516 g/mol. The predicted octanol–water partition coefficient (Wildman–Crippen LogP) is 3.37. The van der Waals surface area contributed by atoms with Crippen LogP contribution >= 0.6 is 24.0 Å². The summed E-state index contributed by atoms with van der Waals surface area (Å²) in [6, 6.07) is 5.18. The van der Waals surface area contributed by atoms with Crippen molar-refractivity contribution < 1.29 is 9.15 Å². The van der Waals surface area contributed by atoms with Gasteiger partial charge in [0.1, 0.15) is 5.76 Å². The molecule has 29 heavy (non-hydrogen) atoms. The highest BCUT2D eigenvalue weighted by Crippen LogP contribution is 2.25. The highest BCUT2D eigenvalue weighted by Gasteiger charge is 2.32. The molecule has 3 aliphatic rings. The third kappa shape index (κ3) is 6.34. The molecule has 6 nitrogen and oxygen atoms in total. The van der Waals surface area contributed by atoms with Crippen molar-refractivity contribution in [2.75, 3.05) is 45.9 Å². The molecule has 1 aromatic rings. The van der Waals surface area contributed by atoms with Crippen LogP contribution in [0.3, 0.4) is 0 Å². The average molecular weight is 516 g/mol. The van der Waals surface area contributed by atoms with E-state index in [0.717, 1.165) is 70.0 Å². The molecule has 1 N–H and O–H groups in total. The maximum absolute atomic E-state index is 5.53. The molecular weight excluding hydrogens is 479 g/mol. The lowest BCUT2D eigenvalue weighted by molar-refractivity contribution is 0.0194. The van der Waals surface area contributed by atoms with Gasteiger partial charge in [-0.15, -0.1) is 24.0 Å². The largest absolute Gasteiger partial charge is 0.469 e. The van der Waals surface area contributed by atoms with E-state index in [1.807, 2.05) is 12.1 Å². The van der Waals surface area contributed by atoms with Gasteiger partial charge in [0.25, 0.3) is 0 Å². The second kappa shape index (κ2) is 11.6. The topological polar surface area (TPSA) is 53.2 Å². The zero-order valence-electron chi connectivity index (χ0n) is 17.7. The van der Waals surface area contributed by atoms with Gasteiger partial charge in [-0.1, -0.05) is 19.8 Å². The summed E-state index contributed by atoms with van der Waals surface area (Å²) in [6.07, 6.45) is 9.12. The van der Waals surface area contributed by atoms with E-state index in [9.17, 15) is 0 Å². The summed E-state index contributed by atoms with van der Waals surface area (Å²) >= 11 is 0. The van der Waals surface area contributed by atoms with Gasteiger partial charge in [-0.25, -0.2) is 0 Å². The number of nitrogens with one attached hydrogen (secondary N) is 1. The Kier molecular flexibility index (Phi) is 9.11. The quantitative estimate of drug-likeness (QED) is 0.370. The second-order valence-electron chi connectivity index (χ2n) is 8.58. The Balaban J connectivity index is 0.00000240. The van der Waals surface area contributed by atoms with Gasteiger partial charge < -0.3 is 19.4 Å². The molecule has 3 atom stereocenters. The van der Waals surface area contributed by atoms with Crippen LogP contribution in [0.15, 0.2) is 27.8 Å². The molecule has 3 fully saturated rings. The highest BCUT2D eigenvalue weighted by molar-refractivity contribution is 14.0. The minimum absolute atomic E-state index is 0. The van der Waals surface area contributed by atoms with Gasteiger partial charge in [0.2, 0.25) is 0 Å². The van der Waals surface area contributed by atoms with Gasteiger partial charge >= 0.3 is 0 Å². The molecule has 0 spiro atoms. The minimum atomic E-state index is 0. The number of halogens is 1. The molecule has 1 saturated carbocycles. The first kappa shape index (κ1) is 22.9. The van der Waals surface area contributed by atoms with Gasteiger partial charge in [-0.3, -0.25) is 9.89 Å². The van der Waals surface area contributed by atoms with Crippen LogP contribution in [-0.4, -0.2) is 73.8 Å². The smallest absolute Gasteiger partial charge is 0.194 e. The number of furan rings is 1. The molecule has 2 saturated heterocycles. The molecule has 4 rings (SSSR count). The Bertz CT molecular complexity index is 618. The number of nitrogens with zero attached hydrogens (tertiary/aromatic N) is 3. The fraction of sp³-hybridized carbons (Fsp3) is 0.773. The zero-order chi connectivity index (χ0) is 19.2. The fourth-order valence-corrected chi connectivity index (χ4v) is 4.84. The van der Waals surface area contributed by atoms with E-state index >= 15 is 0 Å². The molecular formula is C22H37IN4O2. The number of hydrogen-bond acceptors (Lipinski definition) is 4. The molecule has 0 amide bonds. The predicted molar refractivity (Wildman–Crippen MR) is 127 cm³/mol. The lowest BCUT2D eigenvalue weighted by Crippen LogP contribution is -2.50. The molecule has 0 bridgehead atoms. The molecule has 0 radical (unpaired) electrons. The normalized spacial score (nSPS) is 28.9. The molecule has 7 heteroatoms. The molecule has 2 aliphatic heterocycles. The van der Waals surface area contributed by atoms with E-state index in [4.69, 9.17) is 14.1 Å². The number of guanidine groups is 1. The Morgan fingerprint density at radius 1 is 1.17 bits per heavy atom. The Labute approximate surface area is 192 Å². The Morgan fingerprint density at radius 3 is 2.76 bits per heavy atom. The van der Waals surface area contributed by atoms with Crippen molar-refractivity contribution in [3.05, 3.63) is 24.2 Å². The van der Waals surface area contributed by atoms with Gasteiger partial charge in [-0.2, -0.15) is 0 Å². The number of hydrogen-bond donors (Lipinski definition) is 1. The summed E-state index contributed by atoms with van der Waals surface area (Å²) in [4.78, 5) is 10.1. The van der Waals surface area contributed by atoms with Crippen molar-refractivity contribution >= 4 is 29.9 Å². The second-order valence-corrected chi connectivity index (χ2v) is 8.58. The third-order valence-electron chi connectivity index (χ3n) is 6.65. The molecule has 3 unspecified atom stereocenters. The first-order chi connectivity index (χ1) is 13.8. The molecule has 1 aliphatic carbocycles. The lowest BCUT2D eigenvalue weighted by atomic mass is 9.86. The first-order valence-electron chi connectivity index (χ1n) is 11.2. The van der Waals surface area contributed by atoms with Crippen molar-refractivity contribution in [1.82, 2.24) is 15.1 Å². The number of likely N-dealkylation sites (tertiary alicyclic amines) is 1. The van der Waals surface area contributed by atoms with Crippen LogP contribution < -0.4 is 5.32 Å². The zero-order valence-corrected chi connectivity index (χ0v) is 20.1. The van der Waals surface area contributed by atoms with Crippen LogP contribution in [0.25, 0.3) is 0 Å².